The Morgan fingerprint density at radius 3 is 2.70 bits per heavy atom. The van der Waals surface area contributed by atoms with Gasteiger partial charge in [-0.15, -0.1) is 0 Å². The maximum Gasteiger partial charge on any atom is 0.255 e. The van der Waals surface area contributed by atoms with Crippen molar-refractivity contribution in [2.24, 2.45) is 13.0 Å². The van der Waals surface area contributed by atoms with E-state index in [4.69, 9.17) is 4.98 Å². The van der Waals surface area contributed by atoms with Gasteiger partial charge in [-0.2, -0.15) is 0 Å². The average molecular weight is 403 g/mol. The largest absolute Gasteiger partial charge is 0.341 e. The topological polar surface area (TPSA) is 80.1 Å². The predicted octanol–water partition coefficient (Wildman–Crippen LogP) is 3.01. The number of anilines is 2. The highest BCUT2D eigenvalue weighted by molar-refractivity contribution is 5.93. The molecule has 1 aliphatic heterocycles. The summed E-state index contributed by atoms with van der Waals surface area (Å²) in [5, 5.41) is 3.05. The van der Waals surface area contributed by atoms with Crippen LogP contribution in [0.2, 0.25) is 0 Å². The van der Waals surface area contributed by atoms with Gasteiger partial charge in [0.15, 0.2) is 0 Å². The molecule has 0 radical (unpaired) electrons. The van der Waals surface area contributed by atoms with E-state index in [1.165, 1.54) is 6.07 Å². The highest BCUT2D eigenvalue weighted by Gasteiger charge is 2.28. The molecule has 0 spiro atoms. The summed E-state index contributed by atoms with van der Waals surface area (Å²) in [5.74, 6) is 0.423. The molecule has 1 aliphatic rings. The fraction of sp³-hybridized carbons (Fsp3) is 0.304. The van der Waals surface area contributed by atoms with Crippen LogP contribution in [0.15, 0.2) is 59.7 Å². The van der Waals surface area contributed by atoms with E-state index >= 15 is 0 Å². The molecule has 1 aromatic carbocycles. The monoisotopic (exact) mass is 403 g/mol. The third-order valence-corrected chi connectivity index (χ3v) is 5.57. The summed E-state index contributed by atoms with van der Waals surface area (Å²) in [7, 11) is 1.72. The van der Waals surface area contributed by atoms with Crippen LogP contribution in [0.5, 0.6) is 0 Å². The number of nitrogens with one attached hydrogen (secondary N) is 1. The first kappa shape index (κ1) is 19.8. The van der Waals surface area contributed by atoms with Crippen LogP contribution in [-0.2, 0) is 11.8 Å². The maximum atomic E-state index is 12.9. The molecule has 7 nitrogen and oxygen atoms in total. The van der Waals surface area contributed by atoms with Gasteiger partial charge < -0.3 is 10.2 Å². The van der Waals surface area contributed by atoms with Crippen molar-refractivity contribution < 1.29 is 4.79 Å². The van der Waals surface area contributed by atoms with E-state index in [0.717, 1.165) is 36.2 Å². The van der Waals surface area contributed by atoms with Gasteiger partial charge in [0.2, 0.25) is 11.9 Å². The van der Waals surface area contributed by atoms with Crippen LogP contribution in [0.4, 0.5) is 11.6 Å². The van der Waals surface area contributed by atoms with Crippen LogP contribution in [0.25, 0.3) is 11.3 Å². The summed E-state index contributed by atoms with van der Waals surface area (Å²) >= 11 is 0. The van der Waals surface area contributed by atoms with E-state index in [-0.39, 0.29) is 17.4 Å². The van der Waals surface area contributed by atoms with Gasteiger partial charge >= 0.3 is 0 Å². The van der Waals surface area contributed by atoms with Gasteiger partial charge in [0.25, 0.3) is 5.56 Å². The zero-order valence-corrected chi connectivity index (χ0v) is 17.2. The van der Waals surface area contributed by atoms with Gasteiger partial charge in [0.1, 0.15) is 0 Å². The number of benzene rings is 1. The van der Waals surface area contributed by atoms with Crippen molar-refractivity contribution >= 4 is 17.5 Å². The summed E-state index contributed by atoms with van der Waals surface area (Å²) < 4.78 is 1.55. The van der Waals surface area contributed by atoms with Crippen LogP contribution in [0.3, 0.4) is 0 Å². The quantitative estimate of drug-likeness (QED) is 0.724. The molecule has 0 bridgehead atoms. The maximum absolute atomic E-state index is 12.9. The molecule has 1 atom stereocenters. The molecule has 1 amide bonds. The van der Waals surface area contributed by atoms with Crippen molar-refractivity contribution in [2.75, 3.05) is 23.3 Å². The Balaban J connectivity index is 1.57. The number of nitrogens with zero attached hydrogens (tertiary/aromatic N) is 4. The third kappa shape index (κ3) is 4.10. The molecule has 0 aliphatic carbocycles. The summed E-state index contributed by atoms with van der Waals surface area (Å²) in [6.07, 6.45) is 5.04. The molecule has 4 rings (SSSR count). The number of amides is 1. The van der Waals surface area contributed by atoms with E-state index in [1.54, 1.807) is 24.0 Å². The van der Waals surface area contributed by atoms with E-state index in [2.05, 4.69) is 10.3 Å². The standard InChI is InChI=1S/C23H25N5O2/c1-16-6-3-4-8-19(16)25-22(30)18-7-5-13-28(15-18)23-26-20(14-21(29)27(23)2)17-9-11-24-12-10-17/h3-4,6,8-12,14,18H,5,7,13,15H2,1-2H3,(H,25,30). The number of pyridine rings is 1. The lowest BCUT2D eigenvalue weighted by Gasteiger charge is -2.33. The minimum Gasteiger partial charge on any atom is -0.341 e. The normalized spacial score (nSPS) is 16.3. The van der Waals surface area contributed by atoms with E-state index in [1.807, 2.05) is 48.2 Å². The lowest BCUT2D eigenvalue weighted by Crippen LogP contribution is -2.43. The van der Waals surface area contributed by atoms with Crippen molar-refractivity contribution in [2.45, 2.75) is 19.8 Å². The van der Waals surface area contributed by atoms with Gasteiger partial charge in [-0.3, -0.25) is 19.1 Å². The van der Waals surface area contributed by atoms with E-state index < -0.39 is 0 Å². The molecular weight excluding hydrogens is 378 g/mol. The average Bonchev–Trinajstić information content (AvgIpc) is 2.78. The summed E-state index contributed by atoms with van der Waals surface area (Å²) in [5.41, 5.74) is 3.20. The first-order valence-corrected chi connectivity index (χ1v) is 10.1. The van der Waals surface area contributed by atoms with Crippen molar-refractivity contribution in [3.8, 4) is 11.3 Å². The lowest BCUT2D eigenvalue weighted by molar-refractivity contribution is -0.120. The van der Waals surface area contributed by atoms with Gasteiger partial charge in [-0.25, -0.2) is 4.98 Å². The fourth-order valence-electron chi connectivity index (χ4n) is 3.80. The fourth-order valence-corrected chi connectivity index (χ4v) is 3.80. The van der Waals surface area contributed by atoms with Crippen molar-refractivity contribution in [3.63, 3.8) is 0 Å². The highest BCUT2D eigenvalue weighted by atomic mass is 16.2. The Bertz CT molecular complexity index is 1110. The zero-order chi connectivity index (χ0) is 21.1. The molecule has 2 aromatic heterocycles. The van der Waals surface area contributed by atoms with Crippen LogP contribution in [-0.4, -0.2) is 33.5 Å². The number of para-hydroxylation sites is 1. The third-order valence-electron chi connectivity index (χ3n) is 5.57. The predicted molar refractivity (Wildman–Crippen MR) is 117 cm³/mol. The van der Waals surface area contributed by atoms with Crippen LogP contribution in [0.1, 0.15) is 18.4 Å². The number of hydrogen-bond donors (Lipinski definition) is 1. The van der Waals surface area contributed by atoms with Crippen molar-refractivity contribution in [1.82, 2.24) is 14.5 Å². The van der Waals surface area contributed by atoms with Gasteiger partial charge in [-0.1, -0.05) is 18.2 Å². The first-order chi connectivity index (χ1) is 14.5. The number of carbonyl (C=O) groups is 1. The number of carbonyl (C=O) groups excluding carboxylic acids is 1. The molecule has 1 N–H and O–H groups in total. The zero-order valence-electron chi connectivity index (χ0n) is 17.2. The van der Waals surface area contributed by atoms with Gasteiger partial charge in [-0.05, 0) is 43.5 Å². The van der Waals surface area contributed by atoms with Gasteiger partial charge in [0, 0.05) is 49.8 Å². The Morgan fingerprint density at radius 1 is 1.17 bits per heavy atom. The lowest BCUT2D eigenvalue weighted by atomic mass is 9.97. The second kappa shape index (κ2) is 8.49. The summed E-state index contributed by atoms with van der Waals surface area (Å²) in [4.78, 5) is 36.3. The van der Waals surface area contributed by atoms with Crippen LogP contribution >= 0.6 is 0 Å². The highest BCUT2D eigenvalue weighted by Crippen LogP contribution is 2.25. The molecule has 3 heterocycles. The first-order valence-electron chi connectivity index (χ1n) is 10.1. The van der Waals surface area contributed by atoms with Crippen molar-refractivity contribution in [1.29, 1.82) is 0 Å². The SMILES string of the molecule is Cc1ccccc1NC(=O)C1CCCN(c2nc(-c3ccncc3)cc(=O)n2C)C1. The molecular formula is C23H25N5O2. The summed E-state index contributed by atoms with van der Waals surface area (Å²) in [6, 6.07) is 13.0. The van der Waals surface area contributed by atoms with Crippen molar-refractivity contribution in [3.05, 3.63) is 70.8 Å². The number of aryl methyl sites for hydroxylation is 1. The number of rotatable bonds is 4. The molecule has 154 valence electrons. The van der Waals surface area contributed by atoms with E-state index in [0.29, 0.717) is 18.2 Å². The number of aromatic nitrogens is 3. The second-order valence-corrected chi connectivity index (χ2v) is 7.66. The Kier molecular flexibility index (Phi) is 5.61. The van der Waals surface area contributed by atoms with Crippen LogP contribution < -0.4 is 15.8 Å². The van der Waals surface area contributed by atoms with Gasteiger partial charge in [0.05, 0.1) is 11.6 Å². The Morgan fingerprint density at radius 2 is 1.93 bits per heavy atom. The Labute approximate surface area is 175 Å². The smallest absolute Gasteiger partial charge is 0.255 e. The molecule has 1 unspecified atom stereocenters. The minimum atomic E-state index is -0.167. The number of hydrogen-bond acceptors (Lipinski definition) is 5. The molecule has 1 fully saturated rings. The summed E-state index contributed by atoms with van der Waals surface area (Å²) in [6.45, 7) is 3.26. The molecule has 0 saturated carbocycles. The molecule has 7 heteroatoms. The molecule has 1 saturated heterocycles. The van der Waals surface area contributed by atoms with E-state index in [9.17, 15) is 9.59 Å². The molecule has 3 aromatic rings. The van der Waals surface area contributed by atoms with Crippen LogP contribution in [0, 0.1) is 12.8 Å². The second-order valence-electron chi connectivity index (χ2n) is 7.66. The number of piperidine rings is 1. The molecule has 30 heavy (non-hydrogen) atoms. The Hall–Kier alpha value is -3.48. The minimum absolute atomic E-state index is 0.00397.